The van der Waals surface area contributed by atoms with Gasteiger partial charge in [0.25, 0.3) is 0 Å². The van der Waals surface area contributed by atoms with Crippen LogP contribution in [-0.4, -0.2) is 33.7 Å². The number of carbonyl (C=O) groups is 2. The third kappa shape index (κ3) is 1.89. The first-order valence-electron chi connectivity index (χ1n) is 6.32. The number of nitrogens with one attached hydrogen (secondary N) is 1. The summed E-state index contributed by atoms with van der Waals surface area (Å²) in [6.07, 6.45) is 6.07. The lowest BCUT2D eigenvalue weighted by Gasteiger charge is -2.27. The van der Waals surface area contributed by atoms with Crippen LogP contribution in [-0.2, 0) is 14.3 Å². The van der Waals surface area contributed by atoms with Crippen molar-refractivity contribution in [1.82, 2.24) is 4.98 Å². The number of pyridine rings is 1. The molecular formula is C14H14N2O4. The molecule has 3 heterocycles. The third-order valence-electron chi connectivity index (χ3n) is 3.85. The van der Waals surface area contributed by atoms with Crippen LogP contribution in [0.2, 0.25) is 0 Å². The summed E-state index contributed by atoms with van der Waals surface area (Å²) in [5.74, 6) is -2.97. The Bertz CT molecular complexity index is 586. The lowest BCUT2D eigenvalue weighted by molar-refractivity contribution is -0.146. The number of carboxylic acids is 1. The van der Waals surface area contributed by atoms with E-state index >= 15 is 0 Å². The number of amides is 1. The minimum Gasteiger partial charge on any atom is -0.481 e. The van der Waals surface area contributed by atoms with E-state index in [1.165, 1.54) is 0 Å². The van der Waals surface area contributed by atoms with Gasteiger partial charge < -0.3 is 15.2 Å². The standard InChI is InChI=1S/C14H14N2O4/c1-14-5-2-9(20-14)10(13(18)19)11(14)12(17)16-8-3-6-15-7-4-8/h2-7,9-11H,1H3,(H,18,19)(H,15,16,17)/t9-,10-,11+,14+/m1/s1. The molecule has 1 aromatic heterocycles. The van der Waals surface area contributed by atoms with Crippen molar-refractivity contribution in [3.8, 4) is 0 Å². The van der Waals surface area contributed by atoms with Crippen molar-refractivity contribution < 1.29 is 19.4 Å². The molecule has 0 aromatic carbocycles. The number of rotatable bonds is 3. The zero-order valence-corrected chi connectivity index (χ0v) is 10.8. The Morgan fingerprint density at radius 1 is 1.40 bits per heavy atom. The van der Waals surface area contributed by atoms with E-state index < -0.39 is 29.5 Å². The predicted octanol–water partition coefficient (Wildman–Crippen LogP) is 1.06. The highest BCUT2D eigenvalue weighted by Crippen LogP contribution is 2.47. The quantitative estimate of drug-likeness (QED) is 0.805. The summed E-state index contributed by atoms with van der Waals surface area (Å²) in [5.41, 5.74) is -0.269. The summed E-state index contributed by atoms with van der Waals surface area (Å²) >= 11 is 0. The number of ether oxygens (including phenoxy) is 1. The highest BCUT2D eigenvalue weighted by atomic mass is 16.5. The van der Waals surface area contributed by atoms with Gasteiger partial charge in [0, 0.05) is 18.1 Å². The van der Waals surface area contributed by atoms with Crippen molar-refractivity contribution in [3.63, 3.8) is 0 Å². The molecule has 6 nitrogen and oxygen atoms in total. The van der Waals surface area contributed by atoms with E-state index in [-0.39, 0.29) is 5.91 Å². The van der Waals surface area contributed by atoms with Gasteiger partial charge in [0.1, 0.15) is 5.92 Å². The second-order valence-corrected chi connectivity index (χ2v) is 5.19. The molecule has 1 fully saturated rings. The van der Waals surface area contributed by atoms with Crippen molar-refractivity contribution in [1.29, 1.82) is 0 Å². The first kappa shape index (κ1) is 12.8. The van der Waals surface area contributed by atoms with E-state index in [9.17, 15) is 14.7 Å². The molecule has 1 saturated heterocycles. The number of carbonyl (C=O) groups excluding carboxylic acids is 1. The van der Waals surface area contributed by atoms with Crippen LogP contribution in [0, 0.1) is 11.8 Å². The molecule has 4 atom stereocenters. The van der Waals surface area contributed by atoms with Crippen molar-refractivity contribution in [2.45, 2.75) is 18.6 Å². The predicted molar refractivity (Wildman–Crippen MR) is 69.9 cm³/mol. The van der Waals surface area contributed by atoms with Gasteiger partial charge in [-0.1, -0.05) is 12.2 Å². The molecule has 3 rings (SSSR count). The number of fused-ring (bicyclic) bond motifs is 2. The third-order valence-corrected chi connectivity index (χ3v) is 3.85. The smallest absolute Gasteiger partial charge is 0.310 e. The molecule has 20 heavy (non-hydrogen) atoms. The number of nitrogens with zero attached hydrogens (tertiary/aromatic N) is 1. The Morgan fingerprint density at radius 2 is 2.10 bits per heavy atom. The van der Waals surface area contributed by atoms with Gasteiger partial charge >= 0.3 is 5.97 Å². The van der Waals surface area contributed by atoms with Crippen LogP contribution in [0.5, 0.6) is 0 Å². The van der Waals surface area contributed by atoms with E-state index in [2.05, 4.69) is 10.3 Å². The molecule has 1 aromatic rings. The Morgan fingerprint density at radius 3 is 2.75 bits per heavy atom. The van der Waals surface area contributed by atoms with Gasteiger partial charge in [0.2, 0.25) is 5.91 Å². The number of aromatic nitrogens is 1. The highest BCUT2D eigenvalue weighted by Gasteiger charge is 2.59. The summed E-state index contributed by atoms with van der Waals surface area (Å²) in [4.78, 5) is 27.7. The van der Waals surface area contributed by atoms with E-state index in [0.29, 0.717) is 5.69 Å². The summed E-state index contributed by atoms with van der Waals surface area (Å²) in [5, 5.41) is 12.1. The number of anilines is 1. The Kier molecular flexibility index (Phi) is 2.83. The molecule has 0 unspecified atom stereocenters. The van der Waals surface area contributed by atoms with Gasteiger partial charge in [0.05, 0.1) is 17.6 Å². The van der Waals surface area contributed by atoms with Gasteiger partial charge in [0.15, 0.2) is 0 Å². The van der Waals surface area contributed by atoms with Crippen molar-refractivity contribution in [3.05, 3.63) is 36.7 Å². The largest absolute Gasteiger partial charge is 0.481 e. The molecule has 2 bridgehead atoms. The summed E-state index contributed by atoms with van der Waals surface area (Å²) in [6.45, 7) is 1.74. The van der Waals surface area contributed by atoms with E-state index in [1.807, 2.05) is 0 Å². The fraction of sp³-hybridized carbons (Fsp3) is 0.357. The van der Waals surface area contributed by atoms with Gasteiger partial charge in [-0.05, 0) is 19.1 Å². The van der Waals surface area contributed by atoms with E-state index in [0.717, 1.165) is 0 Å². The van der Waals surface area contributed by atoms with Crippen LogP contribution in [0.1, 0.15) is 6.92 Å². The number of aliphatic carboxylic acids is 1. The number of hydrogen-bond donors (Lipinski definition) is 2. The maximum Gasteiger partial charge on any atom is 0.310 e. The SMILES string of the molecule is C[C@@]12C=C[C@@H](O1)[C@@H](C(=O)O)[C@H]2C(=O)Nc1ccncc1. The van der Waals surface area contributed by atoms with Crippen LogP contribution in [0.25, 0.3) is 0 Å². The van der Waals surface area contributed by atoms with Crippen molar-refractivity contribution in [2.75, 3.05) is 5.32 Å². The molecule has 1 amide bonds. The van der Waals surface area contributed by atoms with Gasteiger partial charge in [-0.15, -0.1) is 0 Å². The lowest BCUT2D eigenvalue weighted by atomic mass is 9.75. The molecular weight excluding hydrogens is 260 g/mol. The van der Waals surface area contributed by atoms with Crippen molar-refractivity contribution >= 4 is 17.6 Å². The second-order valence-electron chi connectivity index (χ2n) is 5.19. The zero-order valence-electron chi connectivity index (χ0n) is 10.8. The van der Waals surface area contributed by atoms with Crippen LogP contribution >= 0.6 is 0 Å². The molecule has 0 spiro atoms. The Balaban J connectivity index is 1.86. The van der Waals surface area contributed by atoms with Crippen LogP contribution < -0.4 is 5.32 Å². The zero-order chi connectivity index (χ0) is 14.3. The maximum atomic E-state index is 12.4. The number of hydrogen-bond acceptors (Lipinski definition) is 4. The van der Waals surface area contributed by atoms with Gasteiger partial charge in [-0.2, -0.15) is 0 Å². The van der Waals surface area contributed by atoms with E-state index in [4.69, 9.17) is 4.74 Å². The second kappa shape index (κ2) is 4.42. The average molecular weight is 274 g/mol. The first-order chi connectivity index (χ1) is 9.51. The lowest BCUT2D eigenvalue weighted by Crippen LogP contribution is -2.44. The fourth-order valence-electron chi connectivity index (χ4n) is 2.94. The normalized spacial score (nSPS) is 34.1. The summed E-state index contributed by atoms with van der Waals surface area (Å²) in [6, 6.07) is 3.31. The molecule has 6 heteroatoms. The molecule has 2 aliphatic rings. The van der Waals surface area contributed by atoms with Gasteiger partial charge in [-0.3, -0.25) is 14.6 Å². The molecule has 2 N–H and O–H groups in total. The highest BCUT2D eigenvalue weighted by molar-refractivity contribution is 5.97. The summed E-state index contributed by atoms with van der Waals surface area (Å²) < 4.78 is 5.64. The fourth-order valence-corrected chi connectivity index (χ4v) is 2.94. The maximum absolute atomic E-state index is 12.4. The molecule has 0 saturated carbocycles. The van der Waals surface area contributed by atoms with Crippen LogP contribution in [0.15, 0.2) is 36.7 Å². The van der Waals surface area contributed by atoms with E-state index in [1.54, 1.807) is 43.6 Å². The Labute approximate surface area is 115 Å². The molecule has 0 radical (unpaired) electrons. The molecule has 2 aliphatic heterocycles. The van der Waals surface area contributed by atoms with Crippen LogP contribution in [0.3, 0.4) is 0 Å². The average Bonchev–Trinajstić information content (AvgIpc) is 2.92. The minimum absolute atomic E-state index is 0.349. The summed E-state index contributed by atoms with van der Waals surface area (Å²) in [7, 11) is 0. The van der Waals surface area contributed by atoms with Gasteiger partial charge in [-0.25, -0.2) is 0 Å². The molecule has 104 valence electrons. The minimum atomic E-state index is -1.02. The van der Waals surface area contributed by atoms with Crippen molar-refractivity contribution in [2.24, 2.45) is 11.8 Å². The monoisotopic (exact) mass is 274 g/mol. The topological polar surface area (TPSA) is 88.5 Å². The van der Waals surface area contributed by atoms with Crippen LogP contribution in [0.4, 0.5) is 5.69 Å². The Hall–Kier alpha value is -2.21. The molecule has 0 aliphatic carbocycles. The number of carboxylic acid groups (broad SMARTS) is 1. The first-order valence-corrected chi connectivity index (χ1v) is 6.32.